The summed E-state index contributed by atoms with van der Waals surface area (Å²) in [5.41, 5.74) is 8.49. The second-order valence-corrected chi connectivity index (χ2v) is 5.23. The van der Waals surface area contributed by atoms with Crippen LogP contribution in [0.4, 0.5) is 0 Å². The average Bonchev–Trinajstić information content (AvgIpc) is 2.43. The van der Waals surface area contributed by atoms with Crippen molar-refractivity contribution in [1.29, 1.82) is 0 Å². The molecule has 0 unspecified atom stereocenters. The predicted molar refractivity (Wildman–Crippen MR) is 83.9 cm³/mol. The highest BCUT2D eigenvalue weighted by Crippen LogP contribution is 2.10. The maximum Gasteiger partial charge on any atom is 0.189 e. The highest BCUT2D eigenvalue weighted by Gasteiger charge is 2.02. The van der Waals surface area contributed by atoms with Crippen molar-refractivity contribution in [2.75, 3.05) is 13.1 Å². The Morgan fingerprint density at radius 3 is 2.85 bits per heavy atom. The molecular weight excluding hydrogens is 250 g/mol. The molecule has 1 aromatic carbocycles. The fourth-order valence-electron chi connectivity index (χ4n) is 2.31. The van der Waals surface area contributed by atoms with Gasteiger partial charge in [0.15, 0.2) is 5.43 Å². The van der Waals surface area contributed by atoms with Crippen molar-refractivity contribution in [2.24, 2.45) is 5.73 Å². The van der Waals surface area contributed by atoms with Crippen LogP contribution in [0, 0.1) is 6.92 Å². The molecule has 0 radical (unpaired) electrons. The molecule has 0 aliphatic rings. The SMILES string of the molecule is Cc1ccc2[nH]c(CNCCCCCN)cc(=O)c2c1. The van der Waals surface area contributed by atoms with Crippen LogP contribution >= 0.6 is 0 Å². The number of aromatic amines is 1. The molecule has 108 valence electrons. The van der Waals surface area contributed by atoms with Gasteiger partial charge in [0.05, 0.1) is 0 Å². The molecule has 0 aliphatic heterocycles. The minimum Gasteiger partial charge on any atom is -0.357 e. The monoisotopic (exact) mass is 273 g/mol. The lowest BCUT2D eigenvalue weighted by Gasteiger charge is -2.07. The normalized spacial score (nSPS) is 11.1. The van der Waals surface area contributed by atoms with E-state index in [-0.39, 0.29) is 5.43 Å². The minimum atomic E-state index is 0.0855. The summed E-state index contributed by atoms with van der Waals surface area (Å²) in [5, 5.41) is 4.11. The zero-order valence-electron chi connectivity index (χ0n) is 12.0. The van der Waals surface area contributed by atoms with Gasteiger partial charge in [-0.15, -0.1) is 0 Å². The molecule has 4 nitrogen and oxygen atoms in total. The first-order valence-electron chi connectivity index (χ1n) is 7.24. The van der Waals surface area contributed by atoms with Crippen molar-refractivity contribution in [1.82, 2.24) is 10.3 Å². The van der Waals surface area contributed by atoms with Crippen molar-refractivity contribution in [3.63, 3.8) is 0 Å². The van der Waals surface area contributed by atoms with Crippen LogP contribution in [0.15, 0.2) is 29.1 Å². The standard InChI is InChI=1S/C16H23N3O/c1-12-5-6-15-14(9-12)16(20)10-13(19-15)11-18-8-4-2-3-7-17/h5-6,9-10,18H,2-4,7-8,11,17H2,1H3,(H,19,20). The fourth-order valence-corrected chi connectivity index (χ4v) is 2.31. The number of aromatic nitrogens is 1. The van der Waals surface area contributed by atoms with Gasteiger partial charge in [-0.2, -0.15) is 0 Å². The summed E-state index contributed by atoms with van der Waals surface area (Å²) in [4.78, 5) is 15.4. The molecule has 4 heteroatoms. The van der Waals surface area contributed by atoms with Gasteiger partial charge in [0.2, 0.25) is 0 Å². The van der Waals surface area contributed by atoms with Gasteiger partial charge in [-0.25, -0.2) is 0 Å². The summed E-state index contributed by atoms with van der Waals surface area (Å²) in [5.74, 6) is 0. The van der Waals surface area contributed by atoms with Crippen LogP contribution in [0.2, 0.25) is 0 Å². The van der Waals surface area contributed by atoms with Crippen LogP contribution in [0.3, 0.4) is 0 Å². The molecule has 0 spiro atoms. The topological polar surface area (TPSA) is 70.9 Å². The maximum absolute atomic E-state index is 12.1. The average molecular weight is 273 g/mol. The van der Waals surface area contributed by atoms with Gasteiger partial charge in [0.25, 0.3) is 0 Å². The fraction of sp³-hybridized carbons (Fsp3) is 0.438. The predicted octanol–water partition coefficient (Wildman–Crippen LogP) is 2.06. The number of hydrogen-bond acceptors (Lipinski definition) is 3. The lowest BCUT2D eigenvalue weighted by atomic mass is 10.1. The molecule has 20 heavy (non-hydrogen) atoms. The van der Waals surface area contributed by atoms with E-state index in [4.69, 9.17) is 5.73 Å². The first-order valence-corrected chi connectivity index (χ1v) is 7.24. The second kappa shape index (κ2) is 7.22. The van der Waals surface area contributed by atoms with E-state index in [9.17, 15) is 4.79 Å². The van der Waals surface area contributed by atoms with Crippen molar-refractivity contribution in [3.8, 4) is 0 Å². The molecule has 2 aromatic rings. The number of nitrogens with one attached hydrogen (secondary N) is 2. The van der Waals surface area contributed by atoms with Crippen molar-refractivity contribution in [3.05, 3.63) is 45.7 Å². The quantitative estimate of drug-likeness (QED) is 0.676. The molecule has 1 heterocycles. The minimum absolute atomic E-state index is 0.0855. The van der Waals surface area contributed by atoms with Crippen LogP contribution in [0.25, 0.3) is 10.9 Å². The van der Waals surface area contributed by atoms with Gasteiger partial charge in [0, 0.05) is 29.2 Å². The number of pyridine rings is 1. The third-order valence-corrected chi connectivity index (χ3v) is 3.41. The van der Waals surface area contributed by atoms with Gasteiger partial charge < -0.3 is 16.0 Å². The Labute approximate surface area is 119 Å². The molecule has 0 atom stereocenters. The number of nitrogens with two attached hydrogens (primary N) is 1. The number of benzene rings is 1. The van der Waals surface area contributed by atoms with Crippen molar-refractivity contribution >= 4 is 10.9 Å². The van der Waals surface area contributed by atoms with Crippen molar-refractivity contribution < 1.29 is 0 Å². The summed E-state index contributed by atoms with van der Waals surface area (Å²) in [7, 11) is 0. The number of unbranched alkanes of at least 4 members (excludes halogenated alkanes) is 2. The molecule has 0 fully saturated rings. The lowest BCUT2D eigenvalue weighted by Crippen LogP contribution is -2.17. The summed E-state index contributed by atoms with van der Waals surface area (Å²) in [6.45, 7) is 4.41. The zero-order valence-corrected chi connectivity index (χ0v) is 12.0. The third-order valence-electron chi connectivity index (χ3n) is 3.41. The third kappa shape index (κ3) is 3.92. The van der Waals surface area contributed by atoms with E-state index in [1.54, 1.807) is 6.07 Å². The van der Waals surface area contributed by atoms with E-state index in [1.165, 1.54) is 0 Å². The van der Waals surface area contributed by atoms with Gasteiger partial charge in [-0.1, -0.05) is 18.1 Å². The Morgan fingerprint density at radius 2 is 2.05 bits per heavy atom. The number of aryl methyl sites for hydroxylation is 1. The Bertz CT molecular complexity index is 619. The van der Waals surface area contributed by atoms with Crippen LogP contribution in [-0.4, -0.2) is 18.1 Å². The Hall–Kier alpha value is -1.65. The van der Waals surface area contributed by atoms with Crippen LogP contribution < -0.4 is 16.5 Å². The largest absolute Gasteiger partial charge is 0.357 e. The van der Waals surface area contributed by atoms with Gasteiger partial charge >= 0.3 is 0 Å². The van der Waals surface area contributed by atoms with Crippen molar-refractivity contribution in [2.45, 2.75) is 32.7 Å². The molecule has 0 amide bonds. The molecule has 0 saturated carbocycles. The number of H-pyrrole nitrogens is 1. The van der Waals surface area contributed by atoms with E-state index in [2.05, 4.69) is 10.3 Å². The van der Waals surface area contributed by atoms with E-state index in [0.717, 1.165) is 54.5 Å². The summed E-state index contributed by atoms with van der Waals surface area (Å²) >= 11 is 0. The van der Waals surface area contributed by atoms with E-state index < -0.39 is 0 Å². The molecule has 0 saturated heterocycles. The highest BCUT2D eigenvalue weighted by atomic mass is 16.1. The van der Waals surface area contributed by atoms with E-state index >= 15 is 0 Å². The zero-order chi connectivity index (χ0) is 14.4. The van der Waals surface area contributed by atoms with Gasteiger partial charge in [-0.05, 0) is 45.0 Å². The second-order valence-electron chi connectivity index (χ2n) is 5.23. The molecule has 0 aliphatic carbocycles. The van der Waals surface area contributed by atoms with Crippen LogP contribution in [0.1, 0.15) is 30.5 Å². The molecule has 4 N–H and O–H groups in total. The molecule has 0 bridgehead atoms. The van der Waals surface area contributed by atoms with Crippen LogP contribution in [-0.2, 0) is 6.54 Å². The Balaban J connectivity index is 1.98. The molecule has 1 aromatic heterocycles. The molecule has 2 rings (SSSR count). The lowest BCUT2D eigenvalue weighted by molar-refractivity contribution is 0.602. The van der Waals surface area contributed by atoms with Crippen LogP contribution in [0.5, 0.6) is 0 Å². The van der Waals surface area contributed by atoms with E-state index in [0.29, 0.717) is 6.54 Å². The molecular formula is C16H23N3O. The van der Waals surface area contributed by atoms with Gasteiger partial charge in [0.1, 0.15) is 0 Å². The van der Waals surface area contributed by atoms with E-state index in [1.807, 2.05) is 25.1 Å². The number of hydrogen-bond donors (Lipinski definition) is 3. The Morgan fingerprint density at radius 1 is 1.20 bits per heavy atom. The summed E-state index contributed by atoms with van der Waals surface area (Å²) < 4.78 is 0. The first-order chi connectivity index (χ1) is 9.70. The smallest absolute Gasteiger partial charge is 0.189 e. The maximum atomic E-state index is 12.1. The number of rotatable bonds is 7. The highest BCUT2D eigenvalue weighted by molar-refractivity contribution is 5.79. The summed E-state index contributed by atoms with van der Waals surface area (Å²) in [6.07, 6.45) is 3.35. The Kier molecular flexibility index (Phi) is 5.32. The first kappa shape index (κ1) is 14.8. The van der Waals surface area contributed by atoms with Gasteiger partial charge in [-0.3, -0.25) is 4.79 Å². The number of fused-ring (bicyclic) bond motifs is 1. The summed E-state index contributed by atoms with van der Waals surface area (Å²) in [6, 6.07) is 7.60.